The summed E-state index contributed by atoms with van der Waals surface area (Å²) in [7, 11) is 0. The standard InChI is InChI=1S/C18H14Cl2N4O/c1-11-21-16(18(25)23-13-5-3-2-4-6-13)10-17(22-11)24-15-8-7-12(19)9-14(15)20/h2-10H,1H3,(H,23,25)(H,21,22,24). The fourth-order valence-corrected chi connectivity index (χ4v) is 2.65. The summed E-state index contributed by atoms with van der Waals surface area (Å²) in [5.74, 6) is 0.616. The van der Waals surface area contributed by atoms with Crippen molar-refractivity contribution >= 4 is 46.3 Å². The van der Waals surface area contributed by atoms with Crippen LogP contribution in [0.15, 0.2) is 54.6 Å². The van der Waals surface area contributed by atoms with Gasteiger partial charge in [0.25, 0.3) is 5.91 Å². The van der Waals surface area contributed by atoms with Crippen LogP contribution in [0.2, 0.25) is 10.0 Å². The minimum absolute atomic E-state index is 0.254. The number of para-hydroxylation sites is 1. The summed E-state index contributed by atoms with van der Waals surface area (Å²) in [6, 6.07) is 15.8. The van der Waals surface area contributed by atoms with E-state index in [1.54, 1.807) is 43.3 Å². The average Bonchev–Trinajstić information content (AvgIpc) is 2.58. The molecule has 1 heterocycles. The van der Waals surface area contributed by atoms with E-state index in [9.17, 15) is 4.79 Å². The number of rotatable bonds is 4. The van der Waals surface area contributed by atoms with Crippen LogP contribution in [0.4, 0.5) is 17.2 Å². The number of nitrogens with one attached hydrogen (secondary N) is 2. The van der Waals surface area contributed by atoms with Crippen molar-refractivity contribution in [2.24, 2.45) is 0 Å². The second kappa shape index (κ2) is 7.51. The van der Waals surface area contributed by atoms with Crippen molar-refractivity contribution < 1.29 is 4.79 Å². The molecule has 0 radical (unpaired) electrons. The second-order valence-corrected chi connectivity index (χ2v) is 6.10. The Hall–Kier alpha value is -2.63. The average molecular weight is 373 g/mol. The predicted molar refractivity (Wildman–Crippen MR) is 101 cm³/mol. The first-order chi connectivity index (χ1) is 12.0. The Morgan fingerprint density at radius 3 is 2.48 bits per heavy atom. The van der Waals surface area contributed by atoms with Gasteiger partial charge in [-0.15, -0.1) is 0 Å². The molecule has 0 atom stereocenters. The zero-order chi connectivity index (χ0) is 17.8. The summed E-state index contributed by atoms with van der Waals surface area (Å²) in [4.78, 5) is 20.9. The zero-order valence-corrected chi connectivity index (χ0v) is 14.8. The smallest absolute Gasteiger partial charge is 0.274 e. The molecule has 3 rings (SSSR count). The number of aryl methyl sites for hydroxylation is 1. The Labute approximate surface area is 155 Å². The largest absolute Gasteiger partial charge is 0.339 e. The molecule has 1 amide bonds. The normalized spacial score (nSPS) is 10.4. The highest BCUT2D eigenvalue weighted by Crippen LogP contribution is 2.27. The maximum Gasteiger partial charge on any atom is 0.274 e. The fraction of sp³-hybridized carbons (Fsp3) is 0.0556. The molecule has 3 aromatic rings. The third kappa shape index (κ3) is 4.47. The van der Waals surface area contributed by atoms with E-state index in [2.05, 4.69) is 20.6 Å². The molecule has 0 fully saturated rings. The summed E-state index contributed by atoms with van der Waals surface area (Å²) in [5, 5.41) is 6.87. The van der Waals surface area contributed by atoms with Crippen LogP contribution in [0.3, 0.4) is 0 Å². The molecule has 126 valence electrons. The van der Waals surface area contributed by atoms with Crippen molar-refractivity contribution in [3.8, 4) is 0 Å². The lowest BCUT2D eigenvalue weighted by Gasteiger charge is -2.10. The lowest BCUT2D eigenvalue weighted by molar-refractivity contribution is 0.102. The maximum absolute atomic E-state index is 12.4. The molecular formula is C18H14Cl2N4O. The van der Waals surface area contributed by atoms with Crippen molar-refractivity contribution in [1.29, 1.82) is 0 Å². The van der Waals surface area contributed by atoms with Crippen molar-refractivity contribution in [3.63, 3.8) is 0 Å². The van der Waals surface area contributed by atoms with E-state index in [-0.39, 0.29) is 11.6 Å². The molecule has 2 aromatic carbocycles. The van der Waals surface area contributed by atoms with E-state index in [1.807, 2.05) is 18.2 Å². The Kier molecular flexibility index (Phi) is 5.16. The first-order valence-corrected chi connectivity index (χ1v) is 8.21. The number of hydrogen-bond acceptors (Lipinski definition) is 4. The van der Waals surface area contributed by atoms with Gasteiger partial charge in [0.15, 0.2) is 0 Å². The minimum Gasteiger partial charge on any atom is -0.339 e. The van der Waals surface area contributed by atoms with Crippen LogP contribution >= 0.6 is 23.2 Å². The van der Waals surface area contributed by atoms with Crippen molar-refractivity contribution in [2.45, 2.75) is 6.92 Å². The molecule has 0 aliphatic carbocycles. The Morgan fingerprint density at radius 1 is 1.00 bits per heavy atom. The van der Waals surface area contributed by atoms with Crippen LogP contribution < -0.4 is 10.6 Å². The summed E-state index contributed by atoms with van der Waals surface area (Å²) >= 11 is 12.1. The Morgan fingerprint density at radius 2 is 1.76 bits per heavy atom. The van der Waals surface area contributed by atoms with Crippen LogP contribution in [-0.4, -0.2) is 15.9 Å². The number of carbonyl (C=O) groups excluding carboxylic acids is 1. The third-order valence-electron chi connectivity index (χ3n) is 3.30. The highest BCUT2D eigenvalue weighted by atomic mass is 35.5. The van der Waals surface area contributed by atoms with Crippen LogP contribution in [0.1, 0.15) is 16.3 Å². The number of hydrogen-bond donors (Lipinski definition) is 2. The van der Waals surface area contributed by atoms with Gasteiger partial charge in [0.05, 0.1) is 10.7 Å². The van der Waals surface area contributed by atoms with Gasteiger partial charge in [-0.3, -0.25) is 4.79 Å². The Bertz CT molecular complexity index is 916. The Balaban J connectivity index is 1.84. The molecule has 0 saturated heterocycles. The van der Waals surface area contributed by atoms with Crippen molar-refractivity contribution in [3.05, 3.63) is 76.2 Å². The van der Waals surface area contributed by atoms with Gasteiger partial charge >= 0.3 is 0 Å². The molecule has 0 aliphatic rings. The number of amides is 1. The molecule has 7 heteroatoms. The number of anilines is 3. The molecule has 0 bridgehead atoms. The molecule has 0 aliphatic heterocycles. The topological polar surface area (TPSA) is 66.9 Å². The molecule has 0 unspecified atom stereocenters. The fourth-order valence-electron chi connectivity index (χ4n) is 2.19. The summed E-state index contributed by atoms with van der Waals surface area (Å²) in [6.07, 6.45) is 0. The van der Waals surface area contributed by atoms with Gasteiger partial charge < -0.3 is 10.6 Å². The van der Waals surface area contributed by atoms with Gasteiger partial charge in [-0.2, -0.15) is 0 Å². The van der Waals surface area contributed by atoms with Gasteiger partial charge in [-0.25, -0.2) is 9.97 Å². The molecule has 25 heavy (non-hydrogen) atoms. The number of nitrogens with zero attached hydrogens (tertiary/aromatic N) is 2. The zero-order valence-electron chi connectivity index (χ0n) is 13.3. The van der Waals surface area contributed by atoms with Gasteiger partial charge in [0, 0.05) is 16.8 Å². The first kappa shape index (κ1) is 17.2. The van der Waals surface area contributed by atoms with E-state index < -0.39 is 0 Å². The SMILES string of the molecule is Cc1nc(Nc2ccc(Cl)cc2Cl)cc(C(=O)Nc2ccccc2)n1. The number of carbonyl (C=O) groups is 1. The second-order valence-electron chi connectivity index (χ2n) is 5.25. The van der Waals surface area contributed by atoms with E-state index in [0.717, 1.165) is 0 Å². The lowest BCUT2D eigenvalue weighted by Crippen LogP contribution is -2.15. The van der Waals surface area contributed by atoms with E-state index in [4.69, 9.17) is 23.2 Å². The van der Waals surface area contributed by atoms with E-state index in [0.29, 0.717) is 33.1 Å². The van der Waals surface area contributed by atoms with Gasteiger partial charge in [-0.1, -0.05) is 41.4 Å². The predicted octanol–water partition coefficient (Wildman–Crippen LogP) is 5.09. The number of aromatic nitrogens is 2. The van der Waals surface area contributed by atoms with Crippen LogP contribution in [-0.2, 0) is 0 Å². The van der Waals surface area contributed by atoms with Crippen molar-refractivity contribution in [2.75, 3.05) is 10.6 Å². The number of benzene rings is 2. The molecular weight excluding hydrogens is 359 g/mol. The van der Waals surface area contributed by atoms with Crippen LogP contribution in [0.5, 0.6) is 0 Å². The van der Waals surface area contributed by atoms with Gasteiger partial charge in [-0.05, 0) is 37.3 Å². The molecule has 0 spiro atoms. The monoisotopic (exact) mass is 372 g/mol. The van der Waals surface area contributed by atoms with Gasteiger partial charge in [0.2, 0.25) is 0 Å². The summed E-state index contributed by atoms with van der Waals surface area (Å²) in [6.45, 7) is 1.72. The number of halogens is 2. The minimum atomic E-state index is -0.318. The van der Waals surface area contributed by atoms with Crippen molar-refractivity contribution in [1.82, 2.24) is 9.97 Å². The first-order valence-electron chi connectivity index (χ1n) is 7.45. The van der Waals surface area contributed by atoms with Crippen LogP contribution in [0.25, 0.3) is 0 Å². The molecule has 5 nitrogen and oxygen atoms in total. The van der Waals surface area contributed by atoms with E-state index >= 15 is 0 Å². The highest BCUT2D eigenvalue weighted by Gasteiger charge is 2.12. The third-order valence-corrected chi connectivity index (χ3v) is 3.84. The molecule has 2 N–H and O–H groups in total. The highest BCUT2D eigenvalue weighted by molar-refractivity contribution is 6.36. The molecule has 1 aromatic heterocycles. The van der Waals surface area contributed by atoms with Gasteiger partial charge in [0.1, 0.15) is 17.3 Å². The maximum atomic E-state index is 12.4. The van der Waals surface area contributed by atoms with Crippen LogP contribution in [0, 0.1) is 6.92 Å². The lowest BCUT2D eigenvalue weighted by atomic mass is 10.3. The quantitative estimate of drug-likeness (QED) is 0.669. The molecule has 0 saturated carbocycles. The van der Waals surface area contributed by atoms with E-state index in [1.165, 1.54) is 0 Å². The summed E-state index contributed by atoms with van der Waals surface area (Å²) in [5.41, 5.74) is 1.58. The summed E-state index contributed by atoms with van der Waals surface area (Å²) < 4.78 is 0.